The normalized spacial score (nSPS) is 11.0. The number of anilines is 2. The van der Waals surface area contributed by atoms with Crippen molar-refractivity contribution in [2.24, 2.45) is 0 Å². The van der Waals surface area contributed by atoms with E-state index in [1.807, 2.05) is 6.92 Å². The first-order chi connectivity index (χ1) is 10.3. The fourth-order valence-electron chi connectivity index (χ4n) is 1.82. The van der Waals surface area contributed by atoms with Crippen LogP contribution in [0, 0.1) is 6.92 Å². The lowest BCUT2D eigenvalue weighted by atomic mass is 10.2. The lowest BCUT2D eigenvalue weighted by Gasteiger charge is -2.11. The van der Waals surface area contributed by atoms with Gasteiger partial charge in [0.2, 0.25) is 5.91 Å². The van der Waals surface area contributed by atoms with E-state index in [1.54, 1.807) is 12.1 Å². The second-order valence-electron chi connectivity index (χ2n) is 4.83. The molecule has 1 amide bonds. The average molecular weight is 320 g/mol. The van der Waals surface area contributed by atoms with E-state index in [0.717, 1.165) is 5.56 Å². The third-order valence-electron chi connectivity index (χ3n) is 2.89. The highest BCUT2D eigenvalue weighted by molar-refractivity contribution is 7.92. The molecule has 7 heteroatoms. The van der Waals surface area contributed by atoms with Crippen LogP contribution in [0.1, 0.15) is 12.5 Å². The van der Waals surface area contributed by atoms with E-state index in [9.17, 15) is 18.3 Å². The Morgan fingerprint density at radius 2 is 1.73 bits per heavy atom. The Morgan fingerprint density at radius 3 is 2.32 bits per heavy atom. The molecule has 0 aliphatic heterocycles. The van der Waals surface area contributed by atoms with Crippen LogP contribution in [0.3, 0.4) is 0 Å². The summed E-state index contributed by atoms with van der Waals surface area (Å²) in [5.74, 6) is -0.512. The van der Waals surface area contributed by atoms with Crippen LogP contribution in [-0.2, 0) is 14.8 Å². The molecule has 2 aromatic carbocycles. The van der Waals surface area contributed by atoms with Gasteiger partial charge in [-0.1, -0.05) is 17.7 Å². The molecule has 6 nitrogen and oxygen atoms in total. The summed E-state index contributed by atoms with van der Waals surface area (Å²) in [7, 11) is -3.73. The van der Waals surface area contributed by atoms with Crippen LogP contribution in [0.5, 0.6) is 5.75 Å². The van der Waals surface area contributed by atoms with Crippen molar-refractivity contribution >= 4 is 27.3 Å². The van der Waals surface area contributed by atoms with E-state index in [4.69, 9.17) is 0 Å². The van der Waals surface area contributed by atoms with Crippen molar-refractivity contribution < 1.29 is 18.3 Å². The molecule has 0 atom stereocenters. The second kappa shape index (κ2) is 6.07. The Hall–Kier alpha value is -2.54. The molecule has 0 aliphatic carbocycles. The number of carbonyl (C=O) groups excluding carboxylic acids is 1. The van der Waals surface area contributed by atoms with Gasteiger partial charge in [0.05, 0.1) is 16.3 Å². The SMILES string of the molecule is CC(=O)Nc1cc(NS(=O)(=O)c2ccc(C)cc2)ccc1O. The van der Waals surface area contributed by atoms with E-state index < -0.39 is 10.0 Å². The van der Waals surface area contributed by atoms with Crippen LogP contribution in [0.15, 0.2) is 47.4 Å². The number of amides is 1. The summed E-state index contributed by atoms with van der Waals surface area (Å²) in [4.78, 5) is 11.2. The average Bonchev–Trinajstić information content (AvgIpc) is 2.42. The number of rotatable bonds is 4. The van der Waals surface area contributed by atoms with Gasteiger partial charge in [0, 0.05) is 6.92 Å². The van der Waals surface area contributed by atoms with E-state index in [-0.39, 0.29) is 27.9 Å². The number of aryl methyl sites for hydroxylation is 1. The van der Waals surface area contributed by atoms with Crippen molar-refractivity contribution in [1.29, 1.82) is 0 Å². The van der Waals surface area contributed by atoms with Gasteiger partial charge in [0.25, 0.3) is 10.0 Å². The standard InChI is InChI=1S/C15H16N2O4S/c1-10-3-6-13(7-4-10)22(20,21)17-12-5-8-15(19)14(9-12)16-11(2)18/h3-9,17,19H,1-2H3,(H,16,18). The van der Waals surface area contributed by atoms with Gasteiger partial charge in [-0.2, -0.15) is 0 Å². The molecule has 0 saturated carbocycles. The van der Waals surface area contributed by atoms with Crippen LogP contribution in [-0.4, -0.2) is 19.4 Å². The van der Waals surface area contributed by atoms with Gasteiger partial charge in [-0.15, -0.1) is 0 Å². The molecular formula is C15H16N2O4S. The van der Waals surface area contributed by atoms with Crippen molar-refractivity contribution in [2.45, 2.75) is 18.7 Å². The van der Waals surface area contributed by atoms with Crippen LogP contribution < -0.4 is 10.0 Å². The van der Waals surface area contributed by atoms with E-state index in [2.05, 4.69) is 10.0 Å². The first kappa shape index (κ1) is 15.8. The molecule has 22 heavy (non-hydrogen) atoms. The van der Waals surface area contributed by atoms with Crippen molar-refractivity contribution in [3.05, 3.63) is 48.0 Å². The molecule has 0 aromatic heterocycles. The zero-order valence-corrected chi connectivity index (χ0v) is 12.9. The van der Waals surface area contributed by atoms with Crippen molar-refractivity contribution in [3.8, 4) is 5.75 Å². The molecule has 0 fully saturated rings. The molecule has 116 valence electrons. The monoisotopic (exact) mass is 320 g/mol. The first-order valence-corrected chi connectivity index (χ1v) is 7.96. The summed E-state index contributed by atoms with van der Waals surface area (Å²) in [5, 5.41) is 12.1. The highest BCUT2D eigenvalue weighted by Gasteiger charge is 2.15. The number of phenolic OH excluding ortho intramolecular Hbond substituents is 1. The number of sulfonamides is 1. The Balaban J connectivity index is 2.29. The predicted molar refractivity (Wildman–Crippen MR) is 84.4 cm³/mol. The lowest BCUT2D eigenvalue weighted by molar-refractivity contribution is -0.114. The molecule has 0 bridgehead atoms. The summed E-state index contributed by atoms with van der Waals surface area (Å²) in [5.41, 5.74) is 1.33. The molecule has 3 N–H and O–H groups in total. The minimum absolute atomic E-state index is 0.132. The fraction of sp³-hybridized carbons (Fsp3) is 0.133. The van der Waals surface area contributed by atoms with E-state index >= 15 is 0 Å². The fourth-order valence-corrected chi connectivity index (χ4v) is 2.87. The minimum Gasteiger partial charge on any atom is -0.506 e. The van der Waals surface area contributed by atoms with E-state index in [1.165, 1.54) is 37.3 Å². The molecular weight excluding hydrogens is 304 g/mol. The van der Waals surface area contributed by atoms with E-state index in [0.29, 0.717) is 0 Å². The largest absolute Gasteiger partial charge is 0.506 e. The number of aromatic hydroxyl groups is 1. The smallest absolute Gasteiger partial charge is 0.261 e. The van der Waals surface area contributed by atoms with Crippen LogP contribution in [0.4, 0.5) is 11.4 Å². The highest BCUT2D eigenvalue weighted by Crippen LogP contribution is 2.28. The number of hydrogen-bond acceptors (Lipinski definition) is 4. The third-order valence-corrected chi connectivity index (χ3v) is 4.29. The minimum atomic E-state index is -3.73. The Kier molecular flexibility index (Phi) is 4.37. The maximum atomic E-state index is 12.3. The van der Waals surface area contributed by atoms with Gasteiger partial charge in [0.15, 0.2) is 0 Å². The van der Waals surface area contributed by atoms with Crippen molar-refractivity contribution in [2.75, 3.05) is 10.0 Å². The van der Waals surface area contributed by atoms with Gasteiger partial charge in [-0.25, -0.2) is 8.42 Å². The van der Waals surface area contributed by atoms with Crippen molar-refractivity contribution in [1.82, 2.24) is 0 Å². The van der Waals surface area contributed by atoms with Gasteiger partial charge in [-0.05, 0) is 37.3 Å². The Labute approximate surface area is 128 Å². The van der Waals surface area contributed by atoms with Gasteiger partial charge in [-0.3, -0.25) is 9.52 Å². The Morgan fingerprint density at radius 1 is 1.09 bits per heavy atom. The first-order valence-electron chi connectivity index (χ1n) is 6.48. The number of nitrogens with one attached hydrogen (secondary N) is 2. The van der Waals surface area contributed by atoms with Crippen LogP contribution in [0.2, 0.25) is 0 Å². The van der Waals surface area contributed by atoms with Crippen LogP contribution >= 0.6 is 0 Å². The molecule has 0 heterocycles. The summed E-state index contributed by atoms with van der Waals surface area (Å²) < 4.78 is 26.9. The zero-order chi connectivity index (χ0) is 16.3. The lowest BCUT2D eigenvalue weighted by Crippen LogP contribution is -2.13. The number of carbonyl (C=O) groups is 1. The van der Waals surface area contributed by atoms with Crippen LogP contribution in [0.25, 0.3) is 0 Å². The number of phenols is 1. The summed E-state index contributed by atoms with van der Waals surface area (Å²) in [6.07, 6.45) is 0. The molecule has 2 rings (SSSR count). The summed E-state index contributed by atoms with van der Waals surface area (Å²) in [6.45, 7) is 3.16. The molecule has 0 aliphatic rings. The second-order valence-corrected chi connectivity index (χ2v) is 6.51. The summed E-state index contributed by atoms with van der Waals surface area (Å²) >= 11 is 0. The summed E-state index contributed by atoms with van der Waals surface area (Å²) in [6, 6.07) is 10.5. The third kappa shape index (κ3) is 3.76. The molecule has 0 spiro atoms. The zero-order valence-electron chi connectivity index (χ0n) is 12.1. The Bertz CT molecular complexity index is 799. The molecule has 2 aromatic rings. The quantitative estimate of drug-likeness (QED) is 0.595. The maximum absolute atomic E-state index is 12.3. The molecule has 0 radical (unpaired) electrons. The van der Waals surface area contributed by atoms with Gasteiger partial charge in [0.1, 0.15) is 5.75 Å². The topological polar surface area (TPSA) is 95.5 Å². The molecule has 0 saturated heterocycles. The van der Waals surface area contributed by atoms with Gasteiger partial charge >= 0.3 is 0 Å². The highest BCUT2D eigenvalue weighted by atomic mass is 32.2. The van der Waals surface area contributed by atoms with Gasteiger partial charge < -0.3 is 10.4 Å². The maximum Gasteiger partial charge on any atom is 0.261 e. The molecule has 0 unspecified atom stereocenters. The number of benzene rings is 2. The van der Waals surface area contributed by atoms with Crippen molar-refractivity contribution in [3.63, 3.8) is 0 Å². The number of hydrogen-bond donors (Lipinski definition) is 3. The predicted octanol–water partition coefficient (Wildman–Crippen LogP) is 2.46.